The van der Waals surface area contributed by atoms with E-state index in [0.29, 0.717) is 13.0 Å². The molecule has 2 aliphatic heterocycles. The standard InChI is InChI=1S/C25H36N2O6/c1-13(28)32-18-10-16-22(3,4)8-7-9-23(16,5)20-19(33-14(2)29)15-11-26-27-25(15)17(24(18,20)6)12-31-21(25)30/h15-20H,7-12H2,1-6H3/t15-,16-,17-,18-,19-,20+,23-,24+,25-/m0/s1. The van der Waals surface area contributed by atoms with E-state index in [1.165, 1.54) is 13.8 Å². The SMILES string of the molecule is CC(=O)O[C@@H]1[C@@H]2[C@@]3(C)CCCC(C)(C)[C@@H]3C[C@H](OC(C)=O)[C@@]2(C)[C@@H]2COC(=O)[C@@]23N=NC[C@@H]13. The van der Waals surface area contributed by atoms with E-state index < -0.39 is 29.1 Å². The predicted molar refractivity (Wildman–Crippen MR) is 117 cm³/mol. The molecule has 1 spiro atoms. The fraction of sp³-hybridized carbons (Fsp3) is 0.880. The third-order valence-corrected chi connectivity index (χ3v) is 10.2. The third kappa shape index (κ3) is 2.78. The summed E-state index contributed by atoms with van der Waals surface area (Å²) in [5.74, 6) is -1.60. The molecule has 3 aliphatic carbocycles. The maximum absolute atomic E-state index is 13.2. The molecule has 2 heterocycles. The molecule has 5 aliphatic rings. The van der Waals surface area contributed by atoms with Gasteiger partial charge in [0.2, 0.25) is 0 Å². The molecule has 0 amide bonds. The Bertz CT molecular complexity index is 932. The van der Waals surface area contributed by atoms with Crippen LogP contribution in [0, 0.1) is 39.9 Å². The summed E-state index contributed by atoms with van der Waals surface area (Å²) in [6.07, 6.45) is 2.92. The number of carbonyl (C=O) groups is 3. The van der Waals surface area contributed by atoms with Gasteiger partial charge in [-0.25, -0.2) is 4.79 Å². The summed E-state index contributed by atoms with van der Waals surface area (Å²) in [6.45, 7) is 12.5. The maximum atomic E-state index is 13.2. The molecule has 3 saturated carbocycles. The van der Waals surface area contributed by atoms with Crippen molar-refractivity contribution >= 4 is 17.9 Å². The second kappa shape index (κ2) is 7.01. The topological polar surface area (TPSA) is 104 Å². The molecule has 0 bridgehead atoms. The summed E-state index contributed by atoms with van der Waals surface area (Å²) in [6, 6.07) is 0. The van der Waals surface area contributed by atoms with Crippen LogP contribution in [0.3, 0.4) is 0 Å². The van der Waals surface area contributed by atoms with Crippen molar-refractivity contribution in [1.29, 1.82) is 0 Å². The highest BCUT2D eigenvalue weighted by Crippen LogP contribution is 2.73. The number of esters is 3. The van der Waals surface area contributed by atoms with Crippen LogP contribution >= 0.6 is 0 Å². The minimum absolute atomic E-state index is 0.0501. The van der Waals surface area contributed by atoms with Gasteiger partial charge < -0.3 is 14.2 Å². The minimum atomic E-state index is -1.18. The average molecular weight is 461 g/mol. The van der Waals surface area contributed by atoms with Crippen molar-refractivity contribution in [1.82, 2.24) is 0 Å². The molecule has 9 atom stereocenters. The lowest BCUT2D eigenvalue weighted by Crippen LogP contribution is -2.74. The van der Waals surface area contributed by atoms with E-state index in [1.54, 1.807) is 0 Å². The molecule has 0 aromatic rings. The first-order chi connectivity index (χ1) is 15.4. The summed E-state index contributed by atoms with van der Waals surface area (Å²) >= 11 is 0. The van der Waals surface area contributed by atoms with Gasteiger partial charge in [-0.3, -0.25) is 9.59 Å². The molecule has 8 heteroatoms. The average Bonchev–Trinajstić information content (AvgIpc) is 3.27. The molecular weight excluding hydrogens is 424 g/mol. The van der Waals surface area contributed by atoms with Gasteiger partial charge in [0.15, 0.2) is 5.54 Å². The van der Waals surface area contributed by atoms with Crippen LogP contribution in [0.2, 0.25) is 0 Å². The number of hydrogen-bond donors (Lipinski definition) is 0. The smallest absolute Gasteiger partial charge is 0.336 e. The Hall–Kier alpha value is -1.99. The van der Waals surface area contributed by atoms with Crippen molar-refractivity contribution in [3.8, 4) is 0 Å². The van der Waals surface area contributed by atoms with Crippen molar-refractivity contribution in [2.24, 2.45) is 50.1 Å². The summed E-state index contributed by atoms with van der Waals surface area (Å²) < 4.78 is 17.9. The van der Waals surface area contributed by atoms with Crippen molar-refractivity contribution in [3.63, 3.8) is 0 Å². The normalized spacial score (nSPS) is 49.2. The van der Waals surface area contributed by atoms with Gasteiger partial charge >= 0.3 is 17.9 Å². The molecule has 182 valence electrons. The molecule has 4 fully saturated rings. The van der Waals surface area contributed by atoms with Gasteiger partial charge in [-0.1, -0.05) is 34.1 Å². The van der Waals surface area contributed by atoms with Gasteiger partial charge in [0.05, 0.1) is 19.1 Å². The molecule has 0 radical (unpaired) electrons. The highest BCUT2D eigenvalue weighted by Gasteiger charge is 2.79. The number of carbonyl (C=O) groups excluding carboxylic acids is 3. The summed E-state index contributed by atoms with van der Waals surface area (Å²) in [5.41, 5.74) is -1.95. The van der Waals surface area contributed by atoms with Crippen LogP contribution in [0.25, 0.3) is 0 Å². The van der Waals surface area contributed by atoms with Crippen LogP contribution in [-0.4, -0.2) is 48.8 Å². The van der Waals surface area contributed by atoms with E-state index in [1.807, 2.05) is 0 Å². The lowest BCUT2D eigenvalue weighted by Gasteiger charge is -2.69. The largest absolute Gasteiger partial charge is 0.463 e. The lowest BCUT2D eigenvalue weighted by molar-refractivity contribution is -0.270. The fourth-order valence-corrected chi connectivity index (χ4v) is 9.16. The van der Waals surface area contributed by atoms with Gasteiger partial charge in [-0.05, 0) is 36.0 Å². The minimum Gasteiger partial charge on any atom is -0.463 e. The third-order valence-electron chi connectivity index (χ3n) is 10.2. The van der Waals surface area contributed by atoms with E-state index in [9.17, 15) is 14.4 Å². The zero-order chi connectivity index (χ0) is 24.0. The molecule has 5 rings (SSSR count). The van der Waals surface area contributed by atoms with Crippen molar-refractivity contribution in [3.05, 3.63) is 0 Å². The van der Waals surface area contributed by atoms with Crippen molar-refractivity contribution in [2.45, 2.75) is 85.0 Å². The van der Waals surface area contributed by atoms with Gasteiger partial charge in [0, 0.05) is 31.1 Å². The number of ether oxygens (including phenoxy) is 3. The summed E-state index contributed by atoms with van der Waals surface area (Å²) in [7, 11) is 0. The molecule has 33 heavy (non-hydrogen) atoms. The zero-order valence-corrected chi connectivity index (χ0v) is 20.6. The van der Waals surface area contributed by atoms with E-state index in [4.69, 9.17) is 14.2 Å². The first kappa shape index (κ1) is 22.8. The maximum Gasteiger partial charge on any atom is 0.336 e. The second-order valence-electron chi connectivity index (χ2n) is 12.2. The van der Waals surface area contributed by atoms with E-state index in [0.717, 1.165) is 19.3 Å². The number of hydrogen-bond acceptors (Lipinski definition) is 8. The fourth-order valence-electron chi connectivity index (χ4n) is 9.16. The Morgan fingerprint density at radius 2 is 1.73 bits per heavy atom. The molecule has 0 unspecified atom stereocenters. The van der Waals surface area contributed by atoms with Gasteiger partial charge in [-0.2, -0.15) is 10.2 Å². The molecule has 0 aromatic carbocycles. The highest BCUT2D eigenvalue weighted by atomic mass is 16.6. The van der Waals surface area contributed by atoms with Crippen LogP contribution in [0.1, 0.15) is 67.2 Å². The lowest BCUT2D eigenvalue weighted by atomic mass is 9.35. The van der Waals surface area contributed by atoms with Crippen molar-refractivity contribution in [2.75, 3.05) is 13.2 Å². The Morgan fingerprint density at radius 3 is 2.39 bits per heavy atom. The van der Waals surface area contributed by atoms with Crippen LogP contribution < -0.4 is 0 Å². The predicted octanol–water partition coefficient (Wildman–Crippen LogP) is 3.72. The number of nitrogens with zero attached hydrogens (tertiary/aromatic N) is 2. The number of fused-ring (bicyclic) bond motifs is 4. The highest BCUT2D eigenvalue weighted by molar-refractivity contribution is 5.85. The number of cyclic esters (lactones) is 1. The van der Waals surface area contributed by atoms with E-state index >= 15 is 0 Å². The molecule has 0 aromatic heterocycles. The number of rotatable bonds is 2. The molecule has 0 N–H and O–H groups in total. The molecule has 1 saturated heterocycles. The van der Waals surface area contributed by atoms with E-state index in [2.05, 4.69) is 37.9 Å². The van der Waals surface area contributed by atoms with Crippen LogP contribution in [0.15, 0.2) is 10.2 Å². The Labute approximate surface area is 195 Å². The quantitative estimate of drug-likeness (QED) is 0.460. The van der Waals surface area contributed by atoms with E-state index in [-0.39, 0.29) is 53.0 Å². The van der Waals surface area contributed by atoms with Gasteiger partial charge in [0.25, 0.3) is 0 Å². The zero-order valence-electron chi connectivity index (χ0n) is 20.6. The van der Waals surface area contributed by atoms with Gasteiger partial charge in [-0.15, -0.1) is 0 Å². The Kier molecular flexibility index (Phi) is 4.84. The van der Waals surface area contributed by atoms with Crippen LogP contribution in [0.4, 0.5) is 0 Å². The van der Waals surface area contributed by atoms with Crippen LogP contribution in [0.5, 0.6) is 0 Å². The molecule has 8 nitrogen and oxygen atoms in total. The monoisotopic (exact) mass is 460 g/mol. The Balaban J connectivity index is 1.75. The first-order valence-corrected chi connectivity index (χ1v) is 12.3. The second-order valence-corrected chi connectivity index (χ2v) is 12.2. The van der Waals surface area contributed by atoms with Gasteiger partial charge in [0.1, 0.15) is 12.2 Å². The van der Waals surface area contributed by atoms with Crippen LogP contribution in [-0.2, 0) is 28.6 Å². The number of azo groups is 1. The summed E-state index contributed by atoms with van der Waals surface area (Å²) in [4.78, 5) is 38.0. The Morgan fingerprint density at radius 1 is 1.03 bits per heavy atom. The first-order valence-electron chi connectivity index (χ1n) is 12.3. The van der Waals surface area contributed by atoms with Crippen molar-refractivity contribution < 1.29 is 28.6 Å². The molecular formula is C25H36N2O6. The summed E-state index contributed by atoms with van der Waals surface area (Å²) in [5, 5.41) is 8.84.